The maximum Gasteiger partial charge on any atom is 0.326 e. The van der Waals surface area contributed by atoms with Gasteiger partial charge in [0, 0.05) is 11.3 Å². The van der Waals surface area contributed by atoms with Crippen molar-refractivity contribution in [1.82, 2.24) is 5.32 Å². The Bertz CT molecular complexity index is 502. The van der Waals surface area contributed by atoms with Gasteiger partial charge in [-0.25, -0.2) is 9.59 Å². The summed E-state index contributed by atoms with van der Waals surface area (Å²) in [7, 11) is 0. The summed E-state index contributed by atoms with van der Waals surface area (Å²) in [5.41, 5.74) is 5.72. The molecule has 0 saturated carbocycles. The van der Waals surface area contributed by atoms with Gasteiger partial charge in [-0.15, -0.1) is 0 Å². The maximum atomic E-state index is 11.6. The van der Waals surface area contributed by atoms with Crippen molar-refractivity contribution < 1.29 is 19.5 Å². The Morgan fingerprint density at radius 2 is 2.05 bits per heavy atom. The highest BCUT2D eigenvalue weighted by Crippen LogP contribution is 2.10. The van der Waals surface area contributed by atoms with Crippen molar-refractivity contribution in [2.45, 2.75) is 19.4 Å². The van der Waals surface area contributed by atoms with Crippen LogP contribution in [0, 0.1) is 0 Å². The number of primary amides is 1. The van der Waals surface area contributed by atoms with Crippen molar-refractivity contribution in [3.8, 4) is 0 Å². The van der Waals surface area contributed by atoms with Gasteiger partial charge in [-0.05, 0) is 24.6 Å². The molecule has 7 heteroatoms. The molecule has 1 atom stereocenters. The third-order valence-corrected chi connectivity index (χ3v) is 2.42. The molecule has 0 radical (unpaired) electrons. The van der Waals surface area contributed by atoms with Crippen LogP contribution in [0.4, 0.5) is 10.5 Å². The highest BCUT2D eigenvalue weighted by Gasteiger charge is 2.17. The van der Waals surface area contributed by atoms with Gasteiger partial charge in [-0.3, -0.25) is 4.79 Å². The van der Waals surface area contributed by atoms with Crippen molar-refractivity contribution in [1.29, 1.82) is 0 Å². The largest absolute Gasteiger partial charge is 0.480 e. The molecule has 1 aromatic carbocycles. The minimum atomic E-state index is -1.11. The fourth-order valence-corrected chi connectivity index (χ4v) is 1.41. The SMILES string of the molecule is CC[C@@H](NC(=O)Nc1cccc(C(N)=O)c1)C(=O)O. The summed E-state index contributed by atoms with van der Waals surface area (Å²) in [5, 5.41) is 13.5. The molecule has 7 nitrogen and oxygen atoms in total. The number of carboxylic acids is 1. The number of hydrogen-bond donors (Lipinski definition) is 4. The summed E-state index contributed by atoms with van der Waals surface area (Å²) in [6.45, 7) is 1.65. The lowest BCUT2D eigenvalue weighted by atomic mass is 10.2. The second-order valence-electron chi connectivity index (χ2n) is 3.84. The van der Waals surface area contributed by atoms with Crippen molar-refractivity contribution in [3.05, 3.63) is 29.8 Å². The molecule has 0 fully saturated rings. The molecule has 0 heterocycles. The zero-order valence-electron chi connectivity index (χ0n) is 10.3. The first kappa shape index (κ1) is 14.5. The van der Waals surface area contributed by atoms with Crippen LogP contribution in [0.25, 0.3) is 0 Å². The smallest absolute Gasteiger partial charge is 0.326 e. The summed E-state index contributed by atoms with van der Waals surface area (Å²) in [6, 6.07) is 4.43. The van der Waals surface area contributed by atoms with E-state index in [0.29, 0.717) is 5.69 Å². The summed E-state index contributed by atoms with van der Waals surface area (Å²) in [4.78, 5) is 33.3. The molecule has 0 spiro atoms. The van der Waals surface area contributed by atoms with E-state index in [4.69, 9.17) is 10.8 Å². The number of anilines is 1. The normalized spacial score (nSPS) is 11.4. The highest BCUT2D eigenvalue weighted by atomic mass is 16.4. The Morgan fingerprint density at radius 1 is 1.37 bits per heavy atom. The van der Waals surface area contributed by atoms with E-state index >= 15 is 0 Å². The summed E-state index contributed by atoms with van der Waals surface area (Å²) >= 11 is 0. The van der Waals surface area contributed by atoms with Crippen molar-refractivity contribution >= 4 is 23.6 Å². The first-order valence-corrected chi connectivity index (χ1v) is 5.64. The number of nitrogens with one attached hydrogen (secondary N) is 2. The van der Waals surface area contributed by atoms with Gasteiger partial charge in [0.25, 0.3) is 0 Å². The third kappa shape index (κ3) is 4.30. The fraction of sp³-hybridized carbons (Fsp3) is 0.250. The Balaban J connectivity index is 2.69. The lowest BCUT2D eigenvalue weighted by molar-refractivity contribution is -0.139. The van der Waals surface area contributed by atoms with E-state index < -0.39 is 23.9 Å². The number of rotatable bonds is 5. The minimum absolute atomic E-state index is 0.253. The monoisotopic (exact) mass is 265 g/mol. The van der Waals surface area contributed by atoms with Crippen LogP contribution in [0.5, 0.6) is 0 Å². The number of urea groups is 1. The Hall–Kier alpha value is -2.57. The molecule has 0 bridgehead atoms. The van der Waals surface area contributed by atoms with Crippen LogP contribution < -0.4 is 16.4 Å². The lowest BCUT2D eigenvalue weighted by Gasteiger charge is -2.13. The molecule has 19 heavy (non-hydrogen) atoms. The molecule has 1 aromatic rings. The molecular formula is C12H15N3O4. The quantitative estimate of drug-likeness (QED) is 0.628. The van der Waals surface area contributed by atoms with Crippen LogP contribution in [0.3, 0.4) is 0 Å². The zero-order chi connectivity index (χ0) is 14.4. The molecule has 0 aliphatic heterocycles. The number of carbonyl (C=O) groups is 3. The van der Waals surface area contributed by atoms with Crippen LogP contribution in [-0.4, -0.2) is 29.1 Å². The number of carbonyl (C=O) groups excluding carboxylic acids is 2. The third-order valence-electron chi connectivity index (χ3n) is 2.42. The van der Waals surface area contributed by atoms with E-state index in [1.165, 1.54) is 12.1 Å². The Labute approximate surface area is 109 Å². The van der Waals surface area contributed by atoms with Gasteiger partial charge in [-0.1, -0.05) is 13.0 Å². The number of benzene rings is 1. The molecule has 0 aromatic heterocycles. The molecule has 1 rings (SSSR count). The molecule has 102 valence electrons. The van der Waals surface area contributed by atoms with Crippen molar-refractivity contribution in [2.75, 3.05) is 5.32 Å². The summed E-state index contributed by atoms with van der Waals surface area (Å²) in [6.07, 6.45) is 0.268. The van der Waals surface area contributed by atoms with Gasteiger partial charge in [-0.2, -0.15) is 0 Å². The van der Waals surface area contributed by atoms with E-state index in [0.717, 1.165) is 0 Å². The van der Waals surface area contributed by atoms with E-state index in [9.17, 15) is 14.4 Å². The summed E-state index contributed by atoms with van der Waals surface area (Å²) < 4.78 is 0. The average Bonchev–Trinajstić information content (AvgIpc) is 2.35. The van der Waals surface area contributed by atoms with Crippen LogP contribution in [0.1, 0.15) is 23.7 Å². The van der Waals surface area contributed by atoms with E-state index in [1.54, 1.807) is 19.1 Å². The first-order valence-electron chi connectivity index (χ1n) is 5.64. The van der Waals surface area contributed by atoms with Crippen molar-refractivity contribution in [2.24, 2.45) is 5.73 Å². The molecule has 3 amide bonds. The van der Waals surface area contributed by atoms with Gasteiger partial charge in [0.05, 0.1) is 0 Å². The number of hydrogen-bond acceptors (Lipinski definition) is 3. The van der Waals surface area contributed by atoms with Gasteiger partial charge in [0.15, 0.2) is 0 Å². The van der Waals surface area contributed by atoms with E-state index in [2.05, 4.69) is 10.6 Å². The second-order valence-corrected chi connectivity index (χ2v) is 3.84. The minimum Gasteiger partial charge on any atom is -0.480 e. The van der Waals surface area contributed by atoms with Crippen LogP contribution in [0.15, 0.2) is 24.3 Å². The van der Waals surface area contributed by atoms with Crippen LogP contribution >= 0.6 is 0 Å². The maximum absolute atomic E-state index is 11.6. The van der Waals surface area contributed by atoms with Crippen LogP contribution in [-0.2, 0) is 4.79 Å². The second kappa shape index (κ2) is 6.39. The number of nitrogens with two attached hydrogens (primary N) is 1. The molecule has 0 saturated heterocycles. The van der Waals surface area contributed by atoms with E-state index in [1.807, 2.05) is 0 Å². The molecule has 0 aliphatic rings. The first-order chi connectivity index (χ1) is 8.93. The molecule has 0 aliphatic carbocycles. The zero-order valence-corrected chi connectivity index (χ0v) is 10.3. The topological polar surface area (TPSA) is 122 Å². The van der Waals surface area contributed by atoms with Gasteiger partial charge in [0.2, 0.25) is 5.91 Å². The predicted molar refractivity (Wildman–Crippen MR) is 68.8 cm³/mol. The van der Waals surface area contributed by atoms with Gasteiger partial charge >= 0.3 is 12.0 Å². The number of carboxylic acid groups (broad SMARTS) is 1. The van der Waals surface area contributed by atoms with Crippen molar-refractivity contribution in [3.63, 3.8) is 0 Å². The van der Waals surface area contributed by atoms with Gasteiger partial charge in [0.1, 0.15) is 6.04 Å². The number of amides is 3. The van der Waals surface area contributed by atoms with Gasteiger partial charge < -0.3 is 21.5 Å². The molecular weight excluding hydrogens is 250 g/mol. The Morgan fingerprint density at radius 3 is 2.58 bits per heavy atom. The predicted octanol–water partition coefficient (Wildman–Crippen LogP) is 0.770. The van der Waals surface area contributed by atoms with Crippen LogP contribution in [0.2, 0.25) is 0 Å². The summed E-state index contributed by atoms with van der Waals surface area (Å²) in [5.74, 6) is -1.72. The standard InChI is InChI=1S/C12H15N3O4/c1-2-9(11(17)18)15-12(19)14-8-5-3-4-7(6-8)10(13)16/h3-6,9H,2H2,1H3,(H2,13,16)(H,17,18)(H2,14,15,19)/t9-/m1/s1. The highest BCUT2D eigenvalue weighted by molar-refractivity contribution is 5.96. The average molecular weight is 265 g/mol. The van der Waals surface area contributed by atoms with E-state index in [-0.39, 0.29) is 12.0 Å². The number of aliphatic carboxylic acids is 1. The fourth-order valence-electron chi connectivity index (χ4n) is 1.41. The Kier molecular flexibility index (Phi) is 4.87. The molecule has 5 N–H and O–H groups in total. The molecule has 0 unspecified atom stereocenters. The lowest BCUT2D eigenvalue weighted by Crippen LogP contribution is -2.42.